The Morgan fingerprint density at radius 3 is 2.81 bits per heavy atom. The van der Waals surface area contributed by atoms with Crippen LogP contribution in [-0.2, 0) is 12.8 Å². The standard InChI is InChI=1S/C20H19N3O3/c1-26-15-6-4-5-13(11-15)21-20-16-7-2-3-8-18(16)22-19-10-9-14(23(24)25)12-17(19)20/h4-6,9-12H,2-3,7-8H2,1H3,(H,21,22). The van der Waals surface area contributed by atoms with Crippen LogP contribution >= 0.6 is 0 Å². The zero-order valence-corrected chi connectivity index (χ0v) is 14.5. The van der Waals surface area contributed by atoms with E-state index in [2.05, 4.69) is 5.32 Å². The molecule has 0 unspecified atom stereocenters. The number of hydrogen-bond acceptors (Lipinski definition) is 5. The lowest BCUT2D eigenvalue weighted by Crippen LogP contribution is -2.09. The second kappa shape index (κ2) is 6.63. The fourth-order valence-electron chi connectivity index (χ4n) is 3.51. The highest BCUT2D eigenvalue weighted by Gasteiger charge is 2.20. The lowest BCUT2D eigenvalue weighted by Gasteiger charge is -2.22. The van der Waals surface area contributed by atoms with Crippen LogP contribution in [0.2, 0.25) is 0 Å². The average Bonchev–Trinajstić information content (AvgIpc) is 2.67. The number of aromatic nitrogens is 1. The van der Waals surface area contributed by atoms with Gasteiger partial charge in [-0.2, -0.15) is 0 Å². The van der Waals surface area contributed by atoms with Crippen LogP contribution in [0.3, 0.4) is 0 Å². The first kappa shape index (κ1) is 16.3. The fourth-order valence-corrected chi connectivity index (χ4v) is 3.51. The second-order valence-electron chi connectivity index (χ2n) is 6.43. The van der Waals surface area contributed by atoms with E-state index >= 15 is 0 Å². The number of pyridine rings is 1. The second-order valence-corrected chi connectivity index (χ2v) is 6.43. The van der Waals surface area contributed by atoms with E-state index in [9.17, 15) is 10.1 Å². The zero-order valence-electron chi connectivity index (χ0n) is 14.5. The van der Waals surface area contributed by atoms with Crippen molar-refractivity contribution < 1.29 is 9.66 Å². The summed E-state index contributed by atoms with van der Waals surface area (Å²) in [5.41, 5.74) is 4.90. The van der Waals surface area contributed by atoms with Gasteiger partial charge >= 0.3 is 0 Å². The third-order valence-electron chi connectivity index (χ3n) is 4.80. The molecule has 0 aliphatic heterocycles. The summed E-state index contributed by atoms with van der Waals surface area (Å²) in [7, 11) is 1.63. The number of aryl methyl sites for hydroxylation is 1. The van der Waals surface area contributed by atoms with Crippen LogP contribution in [0.15, 0.2) is 42.5 Å². The SMILES string of the molecule is COc1cccc(Nc2c3c(nc4ccc([N+](=O)[O-])cc24)CCCC3)c1. The summed E-state index contributed by atoms with van der Waals surface area (Å²) >= 11 is 0. The van der Waals surface area contributed by atoms with E-state index in [-0.39, 0.29) is 10.6 Å². The number of nitro groups is 1. The van der Waals surface area contributed by atoms with Gasteiger partial charge in [-0.05, 0) is 49.4 Å². The molecule has 1 aliphatic carbocycles. The molecule has 3 aromatic rings. The number of nitro benzene ring substituents is 1. The molecule has 1 aromatic heterocycles. The van der Waals surface area contributed by atoms with E-state index < -0.39 is 0 Å². The number of anilines is 2. The van der Waals surface area contributed by atoms with Gasteiger partial charge in [0.05, 0.1) is 23.2 Å². The molecule has 1 N–H and O–H groups in total. The average molecular weight is 349 g/mol. The van der Waals surface area contributed by atoms with E-state index in [0.717, 1.165) is 65.0 Å². The number of hydrogen-bond donors (Lipinski definition) is 1. The Bertz CT molecular complexity index is 1000. The lowest BCUT2D eigenvalue weighted by atomic mass is 9.92. The zero-order chi connectivity index (χ0) is 18.1. The molecule has 2 aromatic carbocycles. The minimum Gasteiger partial charge on any atom is -0.497 e. The van der Waals surface area contributed by atoms with Gasteiger partial charge in [0.15, 0.2) is 0 Å². The molecular formula is C20H19N3O3. The van der Waals surface area contributed by atoms with Crippen molar-refractivity contribution in [3.05, 3.63) is 63.8 Å². The first-order valence-corrected chi connectivity index (χ1v) is 8.66. The number of rotatable bonds is 4. The molecule has 0 fully saturated rings. The molecule has 6 nitrogen and oxygen atoms in total. The summed E-state index contributed by atoms with van der Waals surface area (Å²) in [6.07, 6.45) is 4.08. The Hall–Kier alpha value is -3.15. The van der Waals surface area contributed by atoms with Gasteiger partial charge in [0, 0.05) is 35.0 Å². The Labute approximate surface area is 151 Å². The van der Waals surface area contributed by atoms with Gasteiger partial charge in [0.1, 0.15) is 5.75 Å². The summed E-state index contributed by atoms with van der Waals surface area (Å²) < 4.78 is 5.30. The molecule has 0 bridgehead atoms. The summed E-state index contributed by atoms with van der Waals surface area (Å²) in [6.45, 7) is 0. The quantitative estimate of drug-likeness (QED) is 0.542. The van der Waals surface area contributed by atoms with Crippen LogP contribution in [0.1, 0.15) is 24.1 Å². The van der Waals surface area contributed by atoms with Gasteiger partial charge in [-0.1, -0.05) is 6.07 Å². The van der Waals surface area contributed by atoms with Crippen LogP contribution in [0.5, 0.6) is 5.75 Å². The largest absolute Gasteiger partial charge is 0.497 e. The van der Waals surface area contributed by atoms with Crippen LogP contribution < -0.4 is 10.1 Å². The molecule has 26 heavy (non-hydrogen) atoms. The van der Waals surface area contributed by atoms with Crippen molar-refractivity contribution in [1.82, 2.24) is 4.98 Å². The summed E-state index contributed by atoms with van der Waals surface area (Å²) in [5, 5.41) is 15.5. The van der Waals surface area contributed by atoms with Crippen LogP contribution in [0.4, 0.5) is 17.1 Å². The number of non-ortho nitro benzene ring substituents is 1. The summed E-state index contributed by atoms with van der Waals surface area (Å²) in [4.78, 5) is 15.6. The lowest BCUT2D eigenvalue weighted by molar-refractivity contribution is -0.384. The molecular weight excluding hydrogens is 330 g/mol. The van der Waals surface area contributed by atoms with Gasteiger partial charge in [-0.3, -0.25) is 15.1 Å². The van der Waals surface area contributed by atoms with Crippen molar-refractivity contribution in [3.63, 3.8) is 0 Å². The highest BCUT2D eigenvalue weighted by molar-refractivity contribution is 5.96. The Morgan fingerprint density at radius 1 is 1.15 bits per heavy atom. The smallest absolute Gasteiger partial charge is 0.270 e. The van der Waals surface area contributed by atoms with Crippen molar-refractivity contribution in [2.45, 2.75) is 25.7 Å². The molecule has 0 radical (unpaired) electrons. The predicted octanol–water partition coefficient (Wildman–Crippen LogP) is 4.77. The molecule has 1 heterocycles. The maximum Gasteiger partial charge on any atom is 0.270 e. The maximum atomic E-state index is 11.2. The van der Waals surface area contributed by atoms with Crippen molar-refractivity contribution in [3.8, 4) is 5.75 Å². The van der Waals surface area contributed by atoms with Crippen LogP contribution in [0, 0.1) is 10.1 Å². The number of nitrogens with one attached hydrogen (secondary N) is 1. The predicted molar refractivity (Wildman–Crippen MR) is 101 cm³/mol. The molecule has 0 atom stereocenters. The van der Waals surface area contributed by atoms with Crippen molar-refractivity contribution in [1.29, 1.82) is 0 Å². The maximum absolute atomic E-state index is 11.2. The monoisotopic (exact) mass is 349 g/mol. The number of nitrogens with zero attached hydrogens (tertiary/aromatic N) is 2. The molecule has 6 heteroatoms. The van der Waals surface area contributed by atoms with E-state index in [1.807, 2.05) is 24.3 Å². The highest BCUT2D eigenvalue weighted by atomic mass is 16.6. The molecule has 0 amide bonds. The van der Waals surface area contributed by atoms with Crippen molar-refractivity contribution in [2.24, 2.45) is 0 Å². The number of benzene rings is 2. The Kier molecular flexibility index (Phi) is 4.16. The molecule has 0 saturated heterocycles. The van der Waals surface area contributed by atoms with Crippen molar-refractivity contribution in [2.75, 3.05) is 12.4 Å². The first-order chi connectivity index (χ1) is 12.7. The van der Waals surface area contributed by atoms with Gasteiger partial charge in [0.25, 0.3) is 5.69 Å². The molecule has 0 saturated carbocycles. The van der Waals surface area contributed by atoms with Crippen molar-refractivity contribution >= 4 is 28.0 Å². The number of methoxy groups -OCH3 is 1. The minimum absolute atomic E-state index is 0.0729. The first-order valence-electron chi connectivity index (χ1n) is 8.66. The van der Waals surface area contributed by atoms with E-state index in [1.165, 1.54) is 6.07 Å². The van der Waals surface area contributed by atoms with Gasteiger partial charge in [-0.15, -0.1) is 0 Å². The highest BCUT2D eigenvalue weighted by Crippen LogP contribution is 2.37. The van der Waals surface area contributed by atoms with E-state index in [0.29, 0.717) is 0 Å². The molecule has 0 spiro atoms. The van der Waals surface area contributed by atoms with Crippen LogP contribution in [0.25, 0.3) is 10.9 Å². The normalized spacial score (nSPS) is 13.3. The third-order valence-corrected chi connectivity index (χ3v) is 4.80. The number of fused-ring (bicyclic) bond motifs is 2. The number of ether oxygens (including phenoxy) is 1. The fraction of sp³-hybridized carbons (Fsp3) is 0.250. The van der Waals surface area contributed by atoms with E-state index in [1.54, 1.807) is 19.2 Å². The molecule has 1 aliphatic rings. The minimum atomic E-state index is -0.367. The summed E-state index contributed by atoms with van der Waals surface area (Å²) in [6, 6.07) is 12.5. The summed E-state index contributed by atoms with van der Waals surface area (Å²) in [5.74, 6) is 0.758. The Balaban J connectivity index is 1.91. The van der Waals surface area contributed by atoms with E-state index in [4.69, 9.17) is 9.72 Å². The van der Waals surface area contributed by atoms with Crippen LogP contribution in [-0.4, -0.2) is 17.0 Å². The molecule has 4 rings (SSSR count). The van der Waals surface area contributed by atoms with Gasteiger partial charge in [0.2, 0.25) is 0 Å². The Morgan fingerprint density at radius 2 is 2.00 bits per heavy atom. The molecule has 132 valence electrons. The third kappa shape index (κ3) is 2.94. The topological polar surface area (TPSA) is 77.3 Å². The van der Waals surface area contributed by atoms with Gasteiger partial charge < -0.3 is 10.1 Å². The van der Waals surface area contributed by atoms with Gasteiger partial charge in [-0.25, -0.2) is 0 Å².